The van der Waals surface area contributed by atoms with Crippen molar-refractivity contribution in [3.05, 3.63) is 29.6 Å². The number of hydrogen-bond donors (Lipinski definition) is 0. The summed E-state index contributed by atoms with van der Waals surface area (Å²) in [7, 11) is 0. The van der Waals surface area contributed by atoms with Crippen LogP contribution in [0.4, 0.5) is 0 Å². The highest BCUT2D eigenvalue weighted by molar-refractivity contribution is 6.07. The quantitative estimate of drug-likeness (QED) is 0.542. The van der Waals surface area contributed by atoms with E-state index in [1.54, 1.807) is 16.9 Å². The number of aryl methyl sites for hydroxylation is 1. The van der Waals surface area contributed by atoms with Gasteiger partial charge in [0.25, 0.3) is 0 Å². The third-order valence-corrected chi connectivity index (χ3v) is 2.27. The molecule has 3 nitrogen and oxygen atoms in total. The molecule has 3 heteroatoms. The van der Waals surface area contributed by atoms with E-state index in [-0.39, 0.29) is 5.78 Å². The van der Waals surface area contributed by atoms with Gasteiger partial charge >= 0.3 is 0 Å². The lowest BCUT2D eigenvalue weighted by Gasteiger charge is -2.05. The van der Waals surface area contributed by atoms with E-state index >= 15 is 0 Å². The van der Waals surface area contributed by atoms with Gasteiger partial charge in [0, 0.05) is 12.7 Å². The fourth-order valence-corrected chi connectivity index (χ4v) is 1.44. The summed E-state index contributed by atoms with van der Waals surface area (Å²) >= 11 is 0. The standard InChI is InChI=1S/C11H16N2O/c1-4-9(5-2)11(14)10-7-8-12-13(10)6-3/h4,7-8H,5-6H2,1-3H3. The van der Waals surface area contributed by atoms with E-state index in [2.05, 4.69) is 5.10 Å². The lowest BCUT2D eigenvalue weighted by molar-refractivity contribution is 0.102. The van der Waals surface area contributed by atoms with Crippen LogP contribution in [0, 0.1) is 0 Å². The topological polar surface area (TPSA) is 34.9 Å². The lowest BCUT2D eigenvalue weighted by atomic mass is 10.1. The lowest BCUT2D eigenvalue weighted by Crippen LogP contribution is -2.11. The molecule has 14 heavy (non-hydrogen) atoms. The van der Waals surface area contributed by atoms with Crippen LogP contribution in [0.1, 0.15) is 37.7 Å². The van der Waals surface area contributed by atoms with Crippen LogP contribution in [0.15, 0.2) is 23.9 Å². The number of rotatable bonds is 4. The molecule has 76 valence electrons. The van der Waals surface area contributed by atoms with Crippen LogP contribution in [-0.4, -0.2) is 15.6 Å². The van der Waals surface area contributed by atoms with Crippen molar-refractivity contribution >= 4 is 5.78 Å². The number of hydrogen-bond acceptors (Lipinski definition) is 2. The maximum Gasteiger partial charge on any atom is 0.206 e. The second-order valence-corrected chi connectivity index (χ2v) is 3.03. The van der Waals surface area contributed by atoms with Gasteiger partial charge in [-0.2, -0.15) is 5.10 Å². The maximum absolute atomic E-state index is 11.9. The Hall–Kier alpha value is -1.38. The fraction of sp³-hybridized carbons (Fsp3) is 0.455. The van der Waals surface area contributed by atoms with Crippen molar-refractivity contribution in [3.8, 4) is 0 Å². The Morgan fingerprint density at radius 1 is 1.57 bits per heavy atom. The normalized spacial score (nSPS) is 11.8. The second kappa shape index (κ2) is 4.74. The minimum Gasteiger partial charge on any atom is -0.287 e. The molecule has 1 aromatic rings. The van der Waals surface area contributed by atoms with Crippen molar-refractivity contribution in [2.45, 2.75) is 33.7 Å². The van der Waals surface area contributed by atoms with Crippen LogP contribution in [-0.2, 0) is 6.54 Å². The van der Waals surface area contributed by atoms with Gasteiger partial charge in [0.1, 0.15) is 5.69 Å². The minimum absolute atomic E-state index is 0.0920. The van der Waals surface area contributed by atoms with E-state index in [1.165, 1.54) is 0 Å². The summed E-state index contributed by atoms with van der Waals surface area (Å²) in [5.41, 5.74) is 1.53. The molecular formula is C11H16N2O. The molecule has 0 saturated carbocycles. The highest BCUT2D eigenvalue weighted by Crippen LogP contribution is 2.10. The number of ketones is 1. The zero-order valence-electron chi connectivity index (χ0n) is 8.95. The van der Waals surface area contributed by atoms with Gasteiger partial charge in [0.05, 0.1) is 0 Å². The predicted molar refractivity (Wildman–Crippen MR) is 56.3 cm³/mol. The zero-order valence-corrected chi connectivity index (χ0v) is 8.95. The van der Waals surface area contributed by atoms with Crippen molar-refractivity contribution in [1.29, 1.82) is 0 Å². The largest absolute Gasteiger partial charge is 0.287 e. The molecule has 0 aliphatic heterocycles. The highest BCUT2D eigenvalue weighted by atomic mass is 16.1. The maximum atomic E-state index is 11.9. The molecule has 0 amide bonds. The summed E-state index contributed by atoms with van der Waals surface area (Å²) in [6.07, 6.45) is 4.30. The number of aromatic nitrogens is 2. The van der Waals surface area contributed by atoms with Crippen molar-refractivity contribution in [2.24, 2.45) is 0 Å². The number of carbonyl (C=O) groups excluding carboxylic acids is 1. The Labute approximate surface area is 84.4 Å². The van der Waals surface area contributed by atoms with Crippen LogP contribution >= 0.6 is 0 Å². The van der Waals surface area contributed by atoms with Gasteiger partial charge in [-0.3, -0.25) is 9.48 Å². The van der Waals surface area contributed by atoms with Gasteiger partial charge in [-0.15, -0.1) is 0 Å². The Bertz CT molecular complexity index is 350. The minimum atomic E-state index is 0.0920. The van der Waals surface area contributed by atoms with E-state index in [0.29, 0.717) is 5.69 Å². The molecule has 0 aliphatic rings. The van der Waals surface area contributed by atoms with Crippen LogP contribution in [0.5, 0.6) is 0 Å². The van der Waals surface area contributed by atoms with E-state index in [1.807, 2.05) is 26.8 Å². The van der Waals surface area contributed by atoms with Crippen LogP contribution in [0.25, 0.3) is 0 Å². The summed E-state index contributed by atoms with van der Waals surface area (Å²) in [6.45, 7) is 6.59. The Balaban J connectivity index is 3.00. The molecule has 0 radical (unpaired) electrons. The first kappa shape index (κ1) is 10.7. The summed E-state index contributed by atoms with van der Waals surface area (Å²) < 4.78 is 1.72. The van der Waals surface area contributed by atoms with Gasteiger partial charge in [0.2, 0.25) is 5.78 Å². The van der Waals surface area contributed by atoms with Crippen molar-refractivity contribution in [2.75, 3.05) is 0 Å². The molecule has 1 heterocycles. The number of nitrogens with zero attached hydrogens (tertiary/aromatic N) is 2. The molecule has 0 fully saturated rings. The third-order valence-electron chi connectivity index (χ3n) is 2.27. The van der Waals surface area contributed by atoms with Crippen molar-refractivity contribution in [3.63, 3.8) is 0 Å². The van der Waals surface area contributed by atoms with Gasteiger partial charge in [-0.1, -0.05) is 13.0 Å². The van der Waals surface area contributed by atoms with E-state index in [0.717, 1.165) is 18.5 Å². The summed E-state index contributed by atoms with van der Waals surface area (Å²) in [4.78, 5) is 11.9. The van der Waals surface area contributed by atoms with Gasteiger partial charge in [0.15, 0.2) is 0 Å². The molecule has 0 N–H and O–H groups in total. The van der Waals surface area contributed by atoms with Gasteiger partial charge in [-0.25, -0.2) is 0 Å². The summed E-state index contributed by atoms with van der Waals surface area (Å²) in [5.74, 6) is 0.0920. The first-order valence-electron chi connectivity index (χ1n) is 4.96. The van der Waals surface area contributed by atoms with Crippen LogP contribution in [0.2, 0.25) is 0 Å². The van der Waals surface area contributed by atoms with E-state index in [9.17, 15) is 4.79 Å². The Morgan fingerprint density at radius 2 is 2.29 bits per heavy atom. The van der Waals surface area contributed by atoms with E-state index < -0.39 is 0 Å². The average Bonchev–Trinajstić information content (AvgIpc) is 2.67. The fourth-order valence-electron chi connectivity index (χ4n) is 1.44. The summed E-state index contributed by atoms with van der Waals surface area (Å²) in [6, 6.07) is 1.77. The number of Topliss-reactive ketones (excluding diaryl/α,β-unsaturated/α-hetero) is 1. The zero-order chi connectivity index (χ0) is 10.6. The smallest absolute Gasteiger partial charge is 0.206 e. The van der Waals surface area contributed by atoms with Crippen molar-refractivity contribution in [1.82, 2.24) is 9.78 Å². The molecule has 0 aliphatic carbocycles. The predicted octanol–water partition coefficient (Wildman–Crippen LogP) is 2.44. The molecule has 0 saturated heterocycles. The first-order valence-corrected chi connectivity index (χ1v) is 4.96. The Morgan fingerprint density at radius 3 is 2.79 bits per heavy atom. The SMILES string of the molecule is CC=C(CC)C(=O)c1ccnn1CC. The molecule has 1 rings (SSSR count). The molecule has 0 bridgehead atoms. The molecule has 0 spiro atoms. The van der Waals surface area contributed by atoms with E-state index in [4.69, 9.17) is 0 Å². The second-order valence-electron chi connectivity index (χ2n) is 3.03. The number of carbonyl (C=O) groups is 1. The first-order chi connectivity index (χ1) is 6.74. The monoisotopic (exact) mass is 192 g/mol. The number of allylic oxidation sites excluding steroid dienone is 2. The van der Waals surface area contributed by atoms with Gasteiger partial charge < -0.3 is 0 Å². The Kier molecular flexibility index (Phi) is 3.63. The van der Waals surface area contributed by atoms with Crippen LogP contribution < -0.4 is 0 Å². The van der Waals surface area contributed by atoms with Crippen molar-refractivity contribution < 1.29 is 4.79 Å². The molecule has 0 unspecified atom stereocenters. The molecule has 1 aromatic heterocycles. The van der Waals surface area contributed by atoms with Gasteiger partial charge in [-0.05, 0) is 31.9 Å². The highest BCUT2D eigenvalue weighted by Gasteiger charge is 2.13. The van der Waals surface area contributed by atoms with Crippen LogP contribution in [0.3, 0.4) is 0 Å². The average molecular weight is 192 g/mol. The molecule has 0 atom stereocenters. The molecule has 0 aromatic carbocycles. The third kappa shape index (κ3) is 1.92. The summed E-state index contributed by atoms with van der Waals surface area (Å²) in [5, 5.41) is 4.08. The molecular weight excluding hydrogens is 176 g/mol.